The van der Waals surface area contributed by atoms with Gasteiger partial charge in [0.25, 0.3) is 0 Å². The van der Waals surface area contributed by atoms with Crippen molar-refractivity contribution in [1.82, 2.24) is 0 Å². The van der Waals surface area contributed by atoms with Crippen molar-refractivity contribution in [3.8, 4) is 0 Å². The SMILES string of the molecule is Cc1ccc(CC(Br)c2cc(Br)c(C)cc2Br)cc1C. The van der Waals surface area contributed by atoms with Crippen LogP contribution in [0.1, 0.15) is 32.6 Å². The molecule has 3 heteroatoms. The molecule has 2 rings (SSSR count). The van der Waals surface area contributed by atoms with Crippen molar-refractivity contribution in [2.45, 2.75) is 32.0 Å². The second-order valence-electron chi connectivity index (χ2n) is 5.21. The van der Waals surface area contributed by atoms with Gasteiger partial charge < -0.3 is 0 Å². The average molecular weight is 461 g/mol. The first-order valence-corrected chi connectivity index (χ1v) is 9.04. The van der Waals surface area contributed by atoms with Crippen LogP contribution in [-0.4, -0.2) is 0 Å². The van der Waals surface area contributed by atoms with Crippen LogP contribution in [0.3, 0.4) is 0 Å². The van der Waals surface area contributed by atoms with E-state index in [9.17, 15) is 0 Å². The third-order valence-corrected chi connectivity index (χ3v) is 5.96. The van der Waals surface area contributed by atoms with E-state index >= 15 is 0 Å². The number of rotatable bonds is 3. The molecular formula is C17H17Br3. The van der Waals surface area contributed by atoms with Crippen LogP contribution in [0.15, 0.2) is 39.3 Å². The zero-order valence-electron chi connectivity index (χ0n) is 11.8. The van der Waals surface area contributed by atoms with Gasteiger partial charge in [-0.25, -0.2) is 0 Å². The lowest BCUT2D eigenvalue weighted by Crippen LogP contribution is -1.98. The number of hydrogen-bond acceptors (Lipinski definition) is 0. The first-order valence-electron chi connectivity index (χ1n) is 6.54. The highest BCUT2D eigenvalue weighted by atomic mass is 79.9. The number of halogens is 3. The fraction of sp³-hybridized carbons (Fsp3) is 0.294. The number of hydrogen-bond donors (Lipinski definition) is 0. The zero-order chi connectivity index (χ0) is 14.9. The fourth-order valence-corrected chi connectivity index (χ4v) is 4.30. The second kappa shape index (κ2) is 6.76. The van der Waals surface area contributed by atoms with Crippen LogP contribution in [-0.2, 0) is 6.42 Å². The summed E-state index contributed by atoms with van der Waals surface area (Å²) >= 11 is 11.1. The molecule has 0 N–H and O–H groups in total. The lowest BCUT2D eigenvalue weighted by Gasteiger charge is -2.15. The summed E-state index contributed by atoms with van der Waals surface area (Å²) in [5.74, 6) is 0. The predicted molar refractivity (Wildman–Crippen MR) is 97.9 cm³/mol. The standard InChI is InChI=1S/C17H17Br3/c1-10-4-5-13(6-11(10)2)8-17(20)14-9-15(18)12(3)7-16(14)19/h4-7,9,17H,8H2,1-3H3. The predicted octanol–water partition coefficient (Wildman–Crippen LogP) is 6.82. The zero-order valence-corrected chi connectivity index (χ0v) is 16.6. The maximum atomic E-state index is 3.82. The molecule has 0 bridgehead atoms. The van der Waals surface area contributed by atoms with Gasteiger partial charge in [0.05, 0.1) is 0 Å². The largest absolute Gasteiger partial charge is 0.0835 e. The topological polar surface area (TPSA) is 0 Å². The van der Waals surface area contributed by atoms with Crippen LogP contribution in [0.2, 0.25) is 0 Å². The highest BCUT2D eigenvalue weighted by Crippen LogP contribution is 2.36. The summed E-state index contributed by atoms with van der Waals surface area (Å²) in [4.78, 5) is 0.302. The summed E-state index contributed by atoms with van der Waals surface area (Å²) in [5, 5.41) is 0. The van der Waals surface area contributed by atoms with Crippen molar-refractivity contribution in [2.24, 2.45) is 0 Å². The highest BCUT2D eigenvalue weighted by molar-refractivity contribution is 9.11. The number of alkyl halides is 1. The fourth-order valence-electron chi connectivity index (χ4n) is 2.15. The van der Waals surface area contributed by atoms with Gasteiger partial charge in [0.1, 0.15) is 0 Å². The Bertz CT molecular complexity index is 632. The molecule has 0 spiro atoms. The van der Waals surface area contributed by atoms with Gasteiger partial charge in [-0.3, -0.25) is 0 Å². The molecule has 106 valence electrons. The van der Waals surface area contributed by atoms with Gasteiger partial charge in [-0.15, -0.1) is 0 Å². The van der Waals surface area contributed by atoms with Gasteiger partial charge in [-0.2, -0.15) is 0 Å². The minimum Gasteiger partial charge on any atom is -0.0835 e. The van der Waals surface area contributed by atoms with Crippen molar-refractivity contribution < 1.29 is 0 Å². The third kappa shape index (κ3) is 3.75. The molecule has 0 aliphatic rings. The minimum absolute atomic E-state index is 0.302. The van der Waals surface area contributed by atoms with Crippen molar-refractivity contribution >= 4 is 47.8 Å². The summed E-state index contributed by atoms with van der Waals surface area (Å²) in [6, 6.07) is 11.0. The maximum absolute atomic E-state index is 3.82. The molecule has 0 fully saturated rings. The molecule has 2 aromatic carbocycles. The van der Waals surface area contributed by atoms with Gasteiger partial charge in [-0.1, -0.05) is 66.0 Å². The summed E-state index contributed by atoms with van der Waals surface area (Å²) < 4.78 is 2.31. The van der Waals surface area contributed by atoms with Crippen LogP contribution >= 0.6 is 47.8 Å². The van der Waals surface area contributed by atoms with Crippen LogP contribution < -0.4 is 0 Å². The van der Waals surface area contributed by atoms with Crippen LogP contribution in [0.25, 0.3) is 0 Å². The molecule has 0 saturated carbocycles. The van der Waals surface area contributed by atoms with E-state index in [1.54, 1.807) is 0 Å². The molecule has 0 saturated heterocycles. The van der Waals surface area contributed by atoms with Crippen LogP contribution in [0.4, 0.5) is 0 Å². The highest BCUT2D eigenvalue weighted by Gasteiger charge is 2.14. The summed E-state index contributed by atoms with van der Waals surface area (Å²) in [6.45, 7) is 6.42. The van der Waals surface area contributed by atoms with E-state index in [-0.39, 0.29) is 0 Å². The van der Waals surface area contributed by atoms with Crippen molar-refractivity contribution in [3.63, 3.8) is 0 Å². The first-order chi connectivity index (χ1) is 9.38. The van der Waals surface area contributed by atoms with E-state index < -0.39 is 0 Å². The lowest BCUT2D eigenvalue weighted by molar-refractivity contribution is 0.937. The van der Waals surface area contributed by atoms with E-state index in [2.05, 4.69) is 98.9 Å². The van der Waals surface area contributed by atoms with E-state index in [1.165, 1.54) is 27.8 Å². The van der Waals surface area contributed by atoms with Crippen molar-refractivity contribution in [2.75, 3.05) is 0 Å². The van der Waals surface area contributed by atoms with Crippen LogP contribution in [0, 0.1) is 20.8 Å². The summed E-state index contributed by atoms with van der Waals surface area (Å²) in [6.07, 6.45) is 0.981. The van der Waals surface area contributed by atoms with Crippen LogP contribution in [0.5, 0.6) is 0 Å². The van der Waals surface area contributed by atoms with Gasteiger partial charge in [-0.05, 0) is 67.1 Å². The molecule has 0 aromatic heterocycles. The first kappa shape index (κ1) is 16.3. The second-order valence-corrected chi connectivity index (χ2v) is 8.03. The molecule has 2 aromatic rings. The van der Waals surface area contributed by atoms with E-state index in [0.29, 0.717) is 4.83 Å². The molecule has 0 heterocycles. The Labute approximate surface area is 146 Å². The quantitative estimate of drug-likeness (QED) is 0.441. The minimum atomic E-state index is 0.302. The molecule has 20 heavy (non-hydrogen) atoms. The molecule has 1 atom stereocenters. The molecule has 0 nitrogen and oxygen atoms in total. The van der Waals surface area contributed by atoms with Crippen molar-refractivity contribution in [1.29, 1.82) is 0 Å². The number of benzene rings is 2. The smallest absolute Gasteiger partial charge is 0.0447 e. The molecule has 0 aliphatic heterocycles. The molecular weight excluding hydrogens is 444 g/mol. The monoisotopic (exact) mass is 458 g/mol. The maximum Gasteiger partial charge on any atom is 0.0447 e. The Kier molecular flexibility index (Phi) is 5.49. The Morgan fingerprint density at radius 1 is 0.850 bits per heavy atom. The lowest BCUT2D eigenvalue weighted by atomic mass is 10.00. The Hall–Kier alpha value is -0.120. The van der Waals surface area contributed by atoms with E-state index in [1.807, 2.05) is 0 Å². The molecule has 1 unspecified atom stereocenters. The Balaban J connectivity index is 2.25. The summed E-state index contributed by atoms with van der Waals surface area (Å²) in [7, 11) is 0. The van der Waals surface area contributed by atoms with E-state index in [0.717, 1.165) is 15.4 Å². The molecule has 0 amide bonds. The van der Waals surface area contributed by atoms with Crippen molar-refractivity contribution in [3.05, 3.63) is 67.1 Å². The molecule has 0 aliphatic carbocycles. The van der Waals surface area contributed by atoms with Gasteiger partial charge in [0, 0.05) is 13.8 Å². The third-order valence-electron chi connectivity index (χ3n) is 3.60. The van der Waals surface area contributed by atoms with Gasteiger partial charge in [0.2, 0.25) is 0 Å². The Morgan fingerprint density at radius 3 is 2.20 bits per heavy atom. The average Bonchev–Trinajstić information content (AvgIpc) is 2.38. The normalized spacial score (nSPS) is 12.5. The van der Waals surface area contributed by atoms with Gasteiger partial charge >= 0.3 is 0 Å². The molecule has 0 radical (unpaired) electrons. The summed E-state index contributed by atoms with van der Waals surface area (Å²) in [5.41, 5.74) is 6.58. The van der Waals surface area contributed by atoms with E-state index in [4.69, 9.17) is 0 Å². The number of aryl methyl sites for hydroxylation is 3. The Morgan fingerprint density at radius 2 is 1.55 bits per heavy atom. The van der Waals surface area contributed by atoms with Gasteiger partial charge in [0.15, 0.2) is 0 Å².